The summed E-state index contributed by atoms with van der Waals surface area (Å²) in [6.07, 6.45) is 0. The van der Waals surface area contributed by atoms with Crippen molar-refractivity contribution >= 4 is 17.5 Å². The second-order valence-electron chi connectivity index (χ2n) is 3.69. The average Bonchev–Trinajstić information content (AvgIpc) is 2.23. The minimum Gasteiger partial charge on any atom is -0.348 e. The maximum Gasteiger partial charge on any atom is 0.253 e. The van der Waals surface area contributed by atoms with Crippen LogP contribution < -0.4 is 11.1 Å². The molecule has 0 aliphatic rings. The van der Waals surface area contributed by atoms with Crippen LogP contribution in [0.15, 0.2) is 12.1 Å². The first-order chi connectivity index (χ1) is 7.45. The van der Waals surface area contributed by atoms with Crippen LogP contribution in [0.3, 0.4) is 0 Å². The van der Waals surface area contributed by atoms with Crippen molar-refractivity contribution in [3.05, 3.63) is 34.1 Å². The van der Waals surface area contributed by atoms with Gasteiger partial charge in [0.15, 0.2) is 0 Å². The van der Waals surface area contributed by atoms with Gasteiger partial charge in [0, 0.05) is 12.6 Å². The van der Waals surface area contributed by atoms with Gasteiger partial charge >= 0.3 is 0 Å². The van der Waals surface area contributed by atoms with E-state index in [4.69, 9.17) is 17.3 Å². The van der Waals surface area contributed by atoms with Crippen LogP contribution in [0.25, 0.3) is 0 Å². The van der Waals surface area contributed by atoms with Crippen LogP contribution >= 0.6 is 11.6 Å². The van der Waals surface area contributed by atoms with Crippen LogP contribution in [0.2, 0.25) is 5.02 Å². The zero-order valence-electron chi connectivity index (χ0n) is 9.18. The van der Waals surface area contributed by atoms with E-state index in [9.17, 15) is 9.18 Å². The number of hydrogen-bond donors (Lipinski definition) is 2. The highest BCUT2D eigenvalue weighted by Gasteiger charge is 2.14. The molecule has 1 unspecified atom stereocenters. The molecule has 1 rings (SSSR count). The molecule has 0 aromatic heterocycles. The summed E-state index contributed by atoms with van der Waals surface area (Å²) in [5.41, 5.74) is 5.91. The molecule has 0 radical (unpaired) electrons. The van der Waals surface area contributed by atoms with Gasteiger partial charge < -0.3 is 11.1 Å². The molecule has 0 saturated heterocycles. The van der Waals surface area contributed by atoms with Crippen molar-refractivity contribution in [1.82, 2.24) is 5.32 Å². The molecule has 1 aromatic rings. The van der Waals surface area contributed by atoms with E-state index in [1.165, 1.54) is 6.07 Å². The molecule has 1 atom stereocenters. The molecule has 3 nitrogen and oxygen atoms in total. The predicted octanol–water partition coefficient (Wildman–Crippen LogP) is 1.86. The molecule has 0 fully saturated rings. The summed E-state index contributed by atoms with van der Waals surface area (Å²) < 4.78 is 13.3. The highest BCUT2D eigenvalue weighted by Crippen LogP contribution is 2.20. The van der Waals surface area contributed by atoms with Gasteiger partial charge in [0.1, 0.15) is 5.82 Å². The number of nitrogens with one attached hydrogen (secondary N) is 1. The summed E-state index contributed by atoms with van der Waals surface area (Å²) in [7, 11) is 0. The third kappa shape index (κ3) is 2.93. The first-order valence-electron chi connectivity index (χ1n) is 4.92. The number of amides is 1. The Morgan fingerprint density at radius 1 is 1.62 bits per heavy atom. The highest BCUT2D eigenvalue weighted by molar-refractivity contribution is 6.33. The molecule has 0 aliphatic carbocycles. The molecule has 1 aromatic carbocycles. The largest absolute Gasteiger partial charge is 0.348 e. The third-order valence-corrected chi connectivity index (χ3v) is 2.54. The molecule has 0 heterocycles. The van der Waals surface area contributed by atoms with Crippen molar-refractivity contribution in [2.45, 2.75) is 19.9 Å². The highest BCUT2D eigenvalue weighted by atomic mass is 35.5. The number of rotatable bonds is 3. The van der Waals surface area contributed by atoms with Crippen molar-refractivity contribution in [2.75, 3.05) is 6.54 Å². The molecule has 88 valence electrons. The number of hydrogen-bond acceptors (Lipinski definition) is 2. The van der Waals surface area contributed by atoms with Gasteiger partial charge in [0.05, 0.1) is 10.6 Å². The van der Waals surface area contributed by atoms with E-state index in [1.54, 1.807) is 13.8 Å². The van der Waals surface area contributed by atoms with E-state index in [-0.39, 0.29) is 16.6 Å². The molecular formula is C11H14ClFN2O. The van der Waals surface area contributed by atoms with Crippen LogP contribution in [0.5, 0.6) is 0 Å². The standard InChI is InChI=1S/C11H14ClFN2O/c1-6-3-9(12)8(4-10(6)13)11(16)15-7(2)5-14/h3-4,7H,5,14H2,1-2H3,(H,15,16). The van der Waals surface area contributed by atoms with Crippen LogP contribution in [0, 0.1) is 12.7 Å². The summed E-state index contributed by atoms with van der Waals surface area (Å²) in [6.45, 7) is 3.67. The van der Waals surface area contributed by atoms with E-state index in [2.05, 4.69) is 5.32 Å². The fourth-order valence-electron chi connectivity index (χ4n) is 1.18. The lowest BCUT2D eigenvalue weighted by molar-refractivity contribution is 0.0941. The maximum atomic E-state index is 13.3. The minimum atomic E-state index is -0.449. The molecule has 3 N–H and O–H groups in total. The minimum absolute atomic E-state index is 0.130. The fourth-order valence-corrected chi connectivity index (χ4v) is 1.48. The summed E-state index contributed by atoms with van der Waals surface area (Å²) in [6, 6.07) is 2.39. The molecule has 0 bridgehead atoms. The number of nitrogens with two attached hydrogens (primary N) is 1. The lowest BCUT2D eigenvalue weighted by Crippen LogP contribution is -2.37. The summed E-state index contributed by atoms with van der Waals surface area (Å²) in [5, 5.41) is 2.85. The second-order valence-corrected chi connectivity index (χ2v) is 4.10. The van der Waals surface area contributed by atoms with Gasteiger partial charge in [-0.05, 0) is 31.5 Å². The van der Waals surface area contributed by atoms with Crippen LogP contribution in [0.4, 0.5) is 4.39 Å². The quantitative estimate of drug-likeness (QED) is 0.853. The van der Waals surface area contributed by atoms with Crippen molar-refractivity contribution in [2.24, 2.45) is 5.73 Å². The van der Waals surface area contributed by atoms with Gasteiger partial charge in [-0.3, -0.25) is 4.79 Å². The Kier molecular flexibility index (Phi) is 4.26. The van der Waals surface area contributed by atoms with E-state index in [0.29, 0.717) is 12.1 Å². The Labute approximate surface area is 98.8 Å². The predicted molar refractivity (Wildman–Crippen MR) is 62.1 cm³/mol. The van der Waals surface area contributed by atoms with Crippen molar-refractivity contribution in [1.29, 1.82) is 0 Å². The Morgan fingerprint density at radius 3 is 2.81 bits per heavy atom. The smallest absolute Gasteiger partial charge is 0.253 e. The SMILES string of the molecule is Cc1cc(Cl)c(C(=O)NC(C)CN)cc1F. The molecule has 0 saturated carbocycles. The van der Waals surface area contributed by atoms with Gasteiger partial charge in [0.2, 0.25) is 0 Å². The molecule has 1 amide bonds. The lowest BCUT2D eigenvalue weighted by atomic mass is 10.1. The first kappa shape index (κ1) is 12.9. The number of halogens is 2. The Hall–Kier alpha value is -1.13. The number of carbonyl (C=O) groups is 1. The van der Waals surface area contributed by atoms with Gasteiger partial charge in [-0.15, -0.1) is 0 Å². The third-order valence-electron chi connectivity index (χ3n) is 2.22. The Balaban J connectivity index is 2.96. The number of carbonyl (C=O) groups excluding carboxylic acids is 1. The average molecular weight is 245 g/mol. The second kappa shape index (κ2) is 5.27. The summed E-state index contributed by atoms with van der Waals surface area (Å²) in [4.78, 5) is 11.7. The Morgan fingerprint density at radius 2 is 2.25 bits per heavy atom. The summed E-state index contributed by atoms with van der Waals surface area (Å²) >= 11 is 5.86. The normalized spacial score (nSPS) is 12.3. The van der Waals surface area contributed by atoms with Crippen molar-refractivity contribution in [3.63, 3.8) is 0 Å². The zero-order chi connectivity index (χ0) is 12.3. The number of benzene rings is 1. The van der Waals surface area contributed by atoms with Crippen molar-refractivity contribution < 1.29 is 9.18 Å². The fraction of sp³-hybridized carbons (Fsp3) is 0.364. The van der Waals surface area contributed by atoms with Crippen LogP contribution in [0.1, 0.15) is 22.8 Å². The van der Waals surface area contributed by atoms with Gasteiger partial charge in [-0.25, -0.2) is 4.39 Å². The maximum absolute atomic E-state index is 13.3. The van der Waals surface area contributed by atoms with E-state index in [0.717, 1.165) is 6.07 Å². The molecule has 0 spiro atoms. The monoisotopic (exact) mass is 244 g/mol. The van der Waals surface area contributed by atoms with Crippen LogP contribution in [-0.2, 0) is 0 Å². The van der Waals surface area contributed by atoms with E-state index in [1.807, 2.05) is 0 Å². The topological polar surface area (TPSA) is 55.1 Å². The molecule has 16 heavy (non-hydrogen) atoms. The Bertz CT molecular complexity index is 409. The van der Waals surface area contributed by atoms with Gasteiger partial charge in [0.25, 0.3) is 5.91 Å². The van der Waals surface area contributed by atoms with E-state index >= 15 is 0 Å². The molecule has 0 aliphatic heterocycles. The molecule has 5 heteroatoms. The lowest BCUT2D eigenvalue weighted by Gasteiger charge is -2.12. The zero-order valence-corrected chi connectivity index (χ0v) is 9.94. The van der Waals surface area contributed by atoms with Gasteiger partial charge in [-0.2, -0.15) is 0 Å². The van der Waals surface area contributed by atoms with Crippen LogP contribution in [-0.4, -0.2) is 18.5 Å². The van der Waals surface area contributed by atoms with Crippen molar-refractivity contribution in [3.8, 4) is 0 Å². The molecular weight excluding hydrogens is 231 g/mol. The summed E-state index contributed by atoms with van der Waals surface area (Å²) in [5.74, 6) is -0.864. The van der Waals surface area contributed by atoms with Gasteiger partial charge in [-0.1, -0.05) is 11.6 Å². The number of aryl methyl sites for hydroxylation is 1. The first-order valence-corrected chi connectivity index (χ1v) is 5.30. The van der Waals surface area contributed by atoms with E-state index < -0.39 is 11.7 Å².